The van der Waals surface area contributed by atoms with E-state index >= 15 is 0 Å². The predicted molar refractivity (Wildman–Crippen MR) is 85.7 cm³/mol. The van der Waals surface area contributed by atoms with Gasteiger partial charge in [0.15, 0.2) is 0 Å². The molecule has 7 nitrogen and oxygen atoms in total. The van der Waals surface area contributed by atoms with Gasteiger partial charge in [-0.2, -0.15) is 4.31 Å². The van der Waals surface area contributed by atoms with Crippen LogP contribution in [0.4, 0.5) is 5.69 Å². The second kappa shape index (κ2) is 5.85. The van der Waals surface area contributed by atoms with E-state index in [1.165, 1.54) is 22.5 Å². The Morgan fingerprint density at radius 3 is 2.39 bits per heavy atom. The van der Waals surface area contributed by atoms with E-state index in [1.54, 1.807) is 14.0 Å². The fourth-order valence-electron chi connectivity index (χ4n) is 3.71. The van der Waals surface area contributed by atoms with Crippen molar-refractivity contribution < 1.29 is 13.3 Å². The van der Waals surface area contributed by atoms with Crippen LogP contribution in [0.25, 0.3) is 0 Å². The number of piperidine rings is 1. The van der Waals surface area contributed by atoms with Gasteiger partial charge in [0.2, 0.25) is 10.0 Å². The minimum atomic E-state index is -3.65. The minimum absolute atomic E-state index is 0.0201. The Balaban J connectivity index is 1.87. The van der Waals surface area contributed by atoms with Gasteiger partial charge in [-0.15, -0.1) is 0 Å². The van der Waals surface area contributed by atoms with Crippen LogP contribution in [0.1, 0.15) is 31.2 Å². The van der Waals surface area contributed by atoms with Crippen LogP contribution < -0.4 is 5.32 Å². The van der Waals surface area contributed by atoms with E-state index in [-0.39, 0.29) is 16.6 Å². The second-order valence-corrected chi connectivity index (χ2v) is 8.46. The number of hydrogen-bond acceptors (Lipinski definition) is 5. The zero-order valence-electron chi connectivity index (χ0n) is 13.2. The molecule has 2 atom stereocenters. The number of benzene rings is 1. The Kier molecular flexibility index (Phi) is 4.16. The fraction of sp³-hybridized carbons (Fsp3) is 0.600. The van der Waals surface area contributed by atoms with Gasteiger partial charge < -0.3 is 5.32 Å². The third-order valence-corrected chi connectivity index (χ3v) is 7.06. The molecule has 0 amide bonds. The van der Waals surface area contributed by atoms with Crippen molar-refractivity contribution in [1.82, 2.24) is 9.62 Å². The number of nitro groups is 1. The normalized spacial score (nSPS) is 27.3. The van der Waals surface area contributed by atoms with Crippen LogP contribution in [-0.4, -0.2) is 42.8 Å². The Morgan fingerprint density at radius 1 is 1.26 bits per heavy atom. The predicted octanol–water partition coefficient (Wildman–Crippen LogP) is 1.81. The lowest BCUT2D eigenvalue weighted by atomic mass is 10.0. The summed E-state index contributed by atoms with van der Waals surface area (Å²) in [6.45, 7) is 1.60. The highest BCUT2D eigenvalue weighted by Gasteiger charge is 2.39. The quantitative estimate of drug-likeness (QED) is 0.667. The van der Waals surface area contributed by atoms with Crippen LogP contribution in [0.15, 0.2) is 23.1 Å². The average Bonchev–Trinajstić information content (AvgIpc) is 2.84. The molecular weight excluding hydrogens is 318 g/mol. The molecule has 0 radical (unpaired) electrons. The molecular formula is C15H21N3O4S. The number of rotatable bonds is 4. The first-order valence-corrected chi connectivity index (χ1v) is 9.22. The summed E-state index contributed by atoms with van der Waals surface area (Å²) in [5, 5.41) is 14.3. The van der Waals surface area contributed by atoms with Gasteiger partial charge in [-0.05, 0) is 44.2 Å². The second-order valence-electron chi connectivity index (χ2n) is 6.49. The van der Waals surface area contributed by atoms with Crippen molar-refractivity contribution in [3.05, 3.63) is 33.9 Å². The molecule has 2 aliphatic heterocycles. The summed E-state index contributed by atoms with van der Waals surface area (Å²) in [7, 11) is -2.03. The van der Waals surface area contributed by atoms with Gasteiger partial charge in [0.25, 0.3) is 5.69 Å². The molecule has 3 rings (SSSR count). The molecule has 2 aliphatic rings. The molecule has 1 N–H and O–H groups in total. The van der Waals surface area contributed by atoms with E-state index in [0.717, 1.165) is 25.7 Å². The lowest BCUT2D eigenvalue weighted by Gasteiger charge is -2.35. The number of hydrogen-bond donors (Lipinski definition) is 1. The van der Waals surface area contributed by atoms with Gasteiger partial charge in [-0.3, -0.25) is 10.1 Å². The fourth-order valence-corrected chi connectivity index (χ4v) is 5.29. The van der Waals surface area contributed by atoms with E-state index < -0.39 is 14.9 Å². The highest BCUT2D eigenvalue weighted by molar-refractivity contribution is 7.89. The van der Waals surface area contributed by atoms with E-state index in [1.807, 2.05) is 0 Å². The highest BCUT2D eigenvalue weighted by Crippen LogP contribution is 2.32. The Bertz CT molecular complexity index is 722. The maximum Gasteiger partial charge on any atom is 0.269 e. The van der Waals surface area contributed by atoms with Crippen molar-refractivity contribution in [2.24, 2.45) is 0 Å². The van der Waals surface area contributed by atoms with Crippen LogP contribution in [0.3, 0.4) is 0 Å². The lowest BCUT2D eigenvalue weighted by Crippen LogP contribution is -2.48. The van der Waals surface area contributed by atoms with Crippen molar-refractivity contribution in [2.45, 2.75) is 55.6 Å². The first-order chi connectivity index (χ1) is 10.8. The summed E-state index contributed by atoms with van der Waals surface area (Å²) in [6.07, 6.45) is 3.84. The summed E-state index contributed by atoms with van der Waals surface area (Å²) in [5.74, 6) is 0. The molecule has 2 unspecified atom stereocenters. The number of nitrogens with zero attached hydrogens (tertiary/aromatic N) is 2. The number of non-ortho nitro benzene ring substituents is 1. The number of fused-ring (bicyclic) bond motifs is 2. The molecule has 8 heteroatoms. The summed E-state index contributed by atoms with van der Waals surface area (Å²) >= 11 is 0. The number of sulfonamides is 1. The summed E-state index contributed by atoms with van der Waals surface area (Å²) < 4.78 is 27.3. The van der Waals surface area contributed by atoms with Crippen molar-refractivity contribution in [3.8, 4) is 0 Å². The zero-order valence-corrected chi connectivity index (χ0v) is 14.0. The zero-order chi connectivity index (χ0) is 16.8. The van der Waals surface area contributed by atoms with Crippen molar-refractivity contribution >= 4 is 15.7 Å². The topological polar surface area (TPSA) is 92.5 Å². The van der Waals surface area contributed by atoms with Gasteiger partial charge in [0.1, 0.15) is 0 Å². The third-order valence-electron chi connectivity index (χ3n) is 4.99. The van der Waals surface area contributed by atoms with Crippen molar-refractivity contribution in [3.63, 3.8) is 0 Å². The first-order valence-electron chi connectivity index (χ1n) is 7.78. The van der Waals surface area contributed by atoms with Crippen LogP contribution in [-0.2, 0) is 10.0 Å². The third kappa shape index (κ3) is 2.98. The summed E-state index contributed by atoms with van der Waals surface area (Å²) in [6, 6.07) is 4.68. The maximum atomic E-state index is 12.9. The van der Waals surface area contributed by atoms with Crippen molar-refractivity contribution in [1.29, 1.82) is 0 Å². The molecule has 1 aromatic rings. The molecule has 23 heavy (non-hydrogen) atoms. The average molecular weight is 339 g/mol. The molecule has 2 saturated heterocycles. The van der Waals surface area contributed by atoms with Crippen LogP contribution in [0.2, 0.25) is 0 Å². The van der Waals surface area contributed by atoms with E-state index in [4.69, 9.17) is 0 Å². The first kappa shape index (κ1) is 16.4. The number of aryl methyl sites for hydroxylation is 1. The van der Waals surface area contributed by atoms with Gasteiger partial charge >= 0.3 is 0 Å². The van der Waals surface area contributed by atoms with Crippen LogP contribution >= 0.6 is 0 Å². The summed E-state index contributed by atoms with van der Waals surface area (Å²) in [5.41, 5.74) is 0.312. The smallest absolute Gasteiger partial charge is 0.269 e. The Morgan fingerprint density at radius 2 is 1.87 bits per heavy atom. The van der Waals surface area contributed by atoms with Gasteiger partial charge in [-0.25, -0.2) is 8.42 Å². The number of nitro benzene ring substituents is 1. The van der Waals surface area contributed by atoms with Crippen molar-refractivity contribution in [2.75, 3.05) is 7.05 Å². The van der Waals surface area contributed by atoms with Gasteiger partial charge in [0, 0.05) is 37.3 Å². The molecule has 0 aromatic heterocycles. The van der Waals surface area contributed by atoms with E-state index in [0.29, 0.717) is 17.6 Å². The van der Waals surface area contributed by atoms with Gasteiger partial charge in [0.05, 0.1) is 9.82 Å². The molecule has 2 bridgehead atoms. The SMILES string of the molecule is Cc1cc([N+](=O)[O-])ccc1S(=O)(=O)N(C)C1CC2CCC(C1)N2. The minimum Gasteiger partial charge on any atom is -0.311 e. The van der Waals surface area contributed by atoms with E-state index in [9.17, 15) is 18.5 Å². The van der Waals surface area contributed by atoms with Crippen LogP contribution in [0.5, 0.6) is 0 Å². The molecule has 1 aromatic carbocycles. The van der Waals surface area contributed by atoms with Crippen LogP contribution in [0, 0.1) is 17.0 Å². The maximum absolute atomic E-state index is 12.9. The molecule has 126 valence electrons. The monoisotopic (exact) mass is 339 g/mol. The molecule has 0 saturated carbocycles. The molecule has 0 spiro atoms. The standard InChI is InChI=1S/C15H21N3O4S/c1-10-7-13(18(19)20)5-6-15(10)23(21,22)17(2)14-8-11-3-4-12(9-14)16-11/h5-7,11-12,14,16H,3-4,8-9H2,1-2H3. The van der Waals surface area contributed by atoms with Gasteiger partial charge in [-0.1, -0.05) is 0 Å². The van der Waals surface area contributed by atoms with E-state index in [2.05, 4.69) is 5.32 Å². The molecule has 0 aliphatic carbocycles. The lowest BCUT2D eigenvalue weighted by molar-refractivity contribution is -0.385. The largest absolute Gasteiger partial charge is 0.311 e. The highest BCUT2D eigenvalue weighted by atomic mass is 32.2. The molecule has 2 heterocycles. The Hall–Kier alpha value is -1.51. The Labute approximate surface area is 135 Å². The molecule has 2 fully saturated rings. The number of nitrogens with one attached hydrogen (secondary N) is 1. The summed E-state index contributed by atoms with van der Waals surface area (Å²) in [4.78, 5) is 10.4.